The Morgan fingerprint density at radius 1 is 1.41 bits per heavy atom. The van der Waals surface area contributed by atoms with E-state index in [0.29, 0.717) is 0 Å². The summed E-state index contributed by atoms with van der Waals surface area (Å²) in [4.78, 5) is 4.14. The monoisotopic (exact) mass is 441 g/mol. The van der Waals surface area contributed by atoms with Crippen LogP contribution in [0.1, 0.15) is 19.8 Å². The molecular formula is C12H13BrINS2. The van der Waals surface area contributed by atoms with Gasteiger partial charge in [-0.05, 0) is 70.4 Å². The number of rotatable bonds is 3. The van der Waals surface area contributed by atoms with Gasteiger partial charge in [-0.25, -0.2) is 0 Å². The average Bonchev–Trinajstić information content (AvgIpc) is 2.27. The molecule has 1 heterocycles. The molecule has 1 nitrogen and oxygen atoms in total. The van der Waals surface area contributed by atoms with Gasteiger partial charge in [0.2, 0.25) is 0 Å². The summed E-state index contributed by atoms with van der Waals surface area (Å²) >= 11 is 9.81. The summed E-state index contributed by atoms with van der Waals surface area (Å²) in [6.45, 7) is 2.07. The fourth-order valence-corrected chi connectivity index (χ4v) is 5.68. The molecule has 0 radical (unpaired) electrons. The summed E-state index contributed by atoms with van der Waals surface area (Å²) in [5.74, 6) is 0. The van der Waals surface area contributed by atoms with Gasteiger partial charge in [0.1, 0.15) is 0 Å². The van der Waals surface area contributed by atoms with Crippen LogP contribution in [0.25, 0.3) is 0 Å². The normalized spacial score (nSPS) is 16.9. The predicted molar refractivity (Wildman–Crippen MR) is 89.8 cm³/mol. The minimum Gasteiger partial charge on any atom is -0.328 e. The second-order valence-electron chi connectivity index (χ2n) is 3.98. The van der Waals surface area contributed by atoms with Crippen molar-refractivity contribution >= 4 is 62.0 Å². The quantitative estimate of drug-likeness (QED) is 0.637. The minimum atomic E-state index is 0.276. The zero-order valence-corrected chi connectivity index (χ0v) is 14.7. The van der Waals surface area contributed by atoms with E-state index in [-0.39, 0.29) is 6.04 Å². The Kier molecular flexibility index (Phi) is 5.30. The van der Waals surface area contributed by atoms with Crippen LogP contribution in [0.5, 0.6) is 0 Å². The summed E-state index contributed by atoms with van der Waals surface area (Å²) < 4.78 is 2.58. The smallest absolute Gasteiger partial charge is 0.0605 e. The van der Waals surface area contributed by atoms with E-state index in [1.807, 2.05) is 23.5 Å². The summed E-state index contributed by atoms with van der Waals surface area (Å²) in [5.41, 5.74) is 5.83. The molecule has 1 aromatic carbocycles. The standard InChI is InChI=1S/C12H13BrINS2/c1-7(15)5-6-10-12(14)17-9-4-2-3-8(13)11(9)16-10/h2-4,7H,5-6,15H2,1H3/t7-/m1/s1. The number of nitrogens with two attached hydrogens (primary N) is 1. The van der Waals surface area contributed by atoms with Crippen LogP contribution in [0.2, 0.25) is 0 Å². The van der Waals surface area contributed by atoms with Gasteiger partial charge in [0, 0.05) is 25.2 Å². The molecule has 0 saturated carbocycles. The molecule has 0 aromatic heterocycles. The maximum atomic E-state index is 5.83. The van der Waals surface area contributed by atoms with E-state index in [0.717, 1.165) is 12.8 Å². The maximum absolute atomic E-state index is 5.83. The van der Waals surface area contributed by atoms with Crippen molar-refractivity contribution in [2.24, 2.45) is 5.73 Å². The summed E-state index contributed by atoms with van der Waals surface area (Å²) in [6, 6.07) is 6.65. The van der Waals surface area contributed by atoms with Gasteiger partial charge in [0.25, 0.3) is 0 Å². The molecule has 0 fully saturated rings. The Labute approximate surface area is 133 Å². The molecule has 1 aliphatic rings. The van der Waals surface area contributed by atoms with Crippen LogP contribution in [0.4, 0.5) is 0 Å². The second-order valence-corrected chi connectivity index (χ2v) is 8.81. The second kappa shape index (κ2) is 6.32. The Morgan fingerprint density at radius 2 is 2.18 bits per heavy atom. The highest BCUT2D eigenvalue weighted by atomic mass is 127. The first-order valence-electron chi connectivity index (χ1n) is 5.36. The van der Waals surface area contributed by atoms with E-state index in [2.05, 4.69) is 63.6 Å². The first kappa shape index (κ1) is 14.2. The van der Waals surface area contributed by atoms with Gasteiger partial charge in [0.15, 0.2) is 0 Å². The van der Waals surface area contributed by atoms with Crippen LogP contribution in [-0.4, -0.2) is 6.04 Å². The minimum absolute atomic E-state index is 0.276. The molecule has 1 aromatic rings. The van der Waals surface area contributed by atoms with Crippen molar-refractivity contribution in [2.45, 2.75) is 35.6 Å². The van der Waals surface area contributed by atoms with Crippen molar-refractivity contribution in [3.05, 3.63) is 30.5 Å². The highest BCUT2D eigenvalue weighted by Crippen LogP contribution is 2.52. The molecule has 5 heteroatoms. The van der Waals surface area contributed by atoms with Gasteiger partial charge in [-0.3, -0.25) is 0 Å². The van der Waals surface area contributed by atoms with E-state index in [1.54, 1.807) is 0 Å². The number of benzene rings is 1. The lowest BCUT2D eigenvalue weighted by Gasteiger charge is -2.20. The van der Waals surface area contributed by atoms with E-state index >= 15 is 0 Å². The molecule has 0 spiro atoms. The number of allylic oxidation sites excluding steroid dienone is 1. The molecule has 0 unspecified atom stereocenters. The lowest BCUT2D eigenvalue weighted by atomic mass is 10.2. The highest BCUT2D eigenvalue weighted by Gasteiger charge is 2.20. The third-order valence-electron chi connectivity index (χ3n) is 2.40. The van der Waals surface area contributed by atoms with E-state index in [9.17, 15) is 0 Å². The van der Waals surface area contributed by atoms with Crippen molar-refractivity contribution in [3.8, 4) is 0 Å². The largest absolute Gasteiger partial charge is 0.328 e. The van der Waals surface area contributed by atoms with Crippen molar-refractivity contribution in [1.29, 1.82) is 0 Å². The number of hydrogen-bond donors (Lipinski definition) is 1. The van der Waals surface area contributed by atoms with Crippen LogP contribution < -0.4 is 5.73 Å². The molecule has 2 rings (SSSR count). The number of thioether (sulfide) groups is 2. The third kappa shape index (κ3) is 3.65. The zero-order valence-electron chi connectivity index (χ0n) is 9.37. The number of halogens is 2. The topological polar surface area (TPSA) is 26.0 Å². The van der Waals surface area contributed by atoms with Gasteiger partial charge in [-0.1, -0.05) is 29.6 Å². The molecule has 0 bridgehead atoms. The Balaban J connectivity index is 2.19. The van der Waals surface area contributed by atoms with Gasteiger partial charge >= 0.3 is 0 Å². The summed E-state index contributed by atoms with van der Waals surface area (Å²) in [7, 11) is 0. The van der Waals surface area contributed by atoms with E-state index < -0.39 is 0 Å². The average molecular weight is 442 g/mol. The van der Waals surface area contributed by atoms with E-state index in [4.69, 9.17) is 5.73 Å². The highest BCUT2D eigenvalue weighted by molar-refractivity contribution is 14.1. The van der Waals surface area contributed by atoms with Crippen molar-refractivity contribution in [3.63, 3.8) is 0 Å². The Bertz CT molecular complexity index is 460. The summed E-state index contributed by atoms with van der Waals surface area (Å²) in [5, 5.41) is 0. The maximum Gasteiger partial charge on any atom is 0.0605 e. The van der Waals surface area contributed by atoms with Gasteiger partial charge < -0.3 is 5.73 Å². The molecule has 0 amide bonds. The molecule has 1 aliphatic heterocycles. The molecular weight excluding hydrogens is 429 g/mol. The number of hydrogen-bond acceptors (Lipinski definition) is 3. The Morgan fingerprint density at radius 3 is 2.88 bits per heavy atom. The first-order valence-corrected chi connectivity index (χ1v) is 8.87. The molecule has 92 valence electrons. The molecule has 1 atom stereocenters. The van der Waals surface area contributed by atoms with Crippen LogP contribution >= 0.6 is 62.0 Å². The zero-order chi connectivity index (χ0) is 12.4. The van der Waals surface area contributed by atoms with Gasteiger partial charge in [-0.15, -0.1) is 0 Å². The van der Waals surface area contributed by atoms with Crippen molar-refractivity contribution in [2.75, 3.05) is 0 Å². The van der Waals surface area contributed by atoms with E-state index in [1.165, 1.54) is 22.1 Å². The lowest BCUT2D eigenvalue weighted by Crippen LogP contribution is -2.14. The molecule has 2 N–H and O–H groups in total. The van der Waals surface area contributed by atoms with Crippen molar-refractivity contribution < 1.29 is 0 Å². The molecule has 0 saturated heterocycles. The predicted octanol–water partition coefficient (Wildman–Crippen LogP) is 5.38. The fourth-order valence-electron chi connectivity index (χ4n) is 1.49. The van der Waals surface area contributed by atoms with Crippen LogP contribution in [0, 0.1) is 0 Å². The molecule has 0 aliphatic carbocycles. The van der Waals surface area contributed by atoms with Gasteiger partial charge in [-0.2, -0.15) is 0 Å². The SMILES string of the molecule is C[C@@H](N)CCC1=C(I)Sc2cccc(Br)c2S1. The van der Waals surface area contributed by atoms with Gasteiger partial charge in [0.05, 0.1) is 2.91 Å². The first-order chi connectivity index (χ1) is 8.08. The van der Waals surface area contributed by atoms with Crippen LogP contribution in [0.15, 0.2) is 40.3 Å². The number of fused-ring (bicyclic) bond motifs is 1. The summed E-state index contributed by atoms with van der Waals surface area (Å²) in [6.07, 6.45) is 2.13. The lowest BCUT2D eigenvalue weighted by molar-refractivity contribution is 0.673. The molecule has 17 heavy (non-hydrogen) atoms. The third-order valence-corrected chi connectivity index (χ3v) is 7.55. The Hall–Kier alpha value is 0.830. The van der Waals surface area contributed by atoms with Crippen molar-refractivity contribution in [1.82, 2.24) is 0 Å². The van der Waals surface area contributed by atoms with Crippen LogP contribution in [0.3, 0.4) is 0 Å². The van der Waals surface area contributed by atoms with Crippen LogP contribution in [-0.2, 0) is 0 Å². The fraction of sp³-hybridized carbons (Fsp3) is 0.333.